The molecule has 0 bridgehead atoms. The topological polar surface area (TPSA) is 38.3 Å². The number of rotatable bonds is 4. The molecule has 90 valence electrons. The lowest BCUT2D eigenvalue weighted by Gasteiger charge is -2.15. The highest BCUT2D eigenvalue weighted by Crippen LogP contribution is 2.31. The predicted molar refractivity (Wildman–Crippen MR) is 68.4 cm³/mol. The van der Waals surface area contributed by atoms with Crippen LogP contribution in [-0.4, -0.2) is 18.6 Å². The van der Waals surface area contributed by atoms with E-state index in [9.17, 15) is 4.79 Å². The van der Waals surface area contributed by atoms with Gasteiger partial charge in [0.1, 0.15) is 10.8 Å². The molecule has 1 N–H and O–H groups in total. The molecule has 0 aliphatic heterocycles. The van der Waals surface area contributed by atoms with Crippen molar-refractivity contribution in [2.75, 3.05) is 6.54 Å². The molecule has 1 aromatic carbocycles. The maximum Gasteiger partial charge on any atom is 0.261 e. The summed E-state index contributed by atoms with van der Waals surface area (Å²) in [6, 6.07) is 4.97. The Kier molecular flexibility index (Phi) is 5.14. The van der Waals surface area contributed by atoms with Crippen LogP contribution in [0.5, 0.6) is 5.75 Å². The summed E-state index contributed by atoms with van der Waals surface area (Å²) >= 11 is 11.7. The molecule has 0 saturated heterocycles. The molecule has 0 aliphatic rings. The molecule has 1 amide bonds. The van der Waals surface area contributed by atoms with Crippen LogP contribution in [0.15, 0.2) is 18.2 Å². The van der Waals surface area contributed by atoms with Crippen LogP contribution >= 0.6 is 23.2 Å². The van der Waals surface area contributed by atoms with E-state index in [1.54, 1.807) is 25.1 Å². The Morgan fingerprint density at radius 1 is 1.59 bits per heavy atom. The van der Waals surface area contributed by atoms with Gasteiger partial charge in [0.25, 0.3) is 5.91 Å². The van der Waals surface area contributed by atoms with Crippen molar-refractivity contribution in [2.24, 2.45) is 0 Å². The largest absolute Gasteiger partial charge is 0.479 e. The SMILES string of the molecule is C#CCNC(=O)[C@@H](C)Oc1cccc(Cl)c1Cl. The van der Waals surface area contributed by atoms with Crippen LogP contribution in [-0.2, 0) is 4.79 Å². The van der Waals surface area contributed by atoms with Crippen molar-refractivity contribution in [2.45, 2.75) is 13.0 Å². The van der Waals surface area contributed by atoms with Gasteiger partial charge in [0.05, 0.1) is 11.6 Å². The van der Waals surface area contributed by atoms with E-state index in [0.29, 0.717) is 10.8 Å². The van der Waals surface area contributed by atoms with Gasteiger partial charge >= 0.3 is 0 Å². The Labute approximate surface area is 110 Å². The second-order valence-electron chi connectivity index (χ2n) is 3.23. The van der Waals surface area contributed by atoms with E-state index < -0.39 is 6.10 Å². The maximum absolute atomic E-state index is 11.5. The molecule has 5 heteroatoms. The van der Waals surface area contributed by atoms with E-state index in [1.807, 2.05) is 0 Å². The van der Waals surface area contributed by atoms with Crippen molar-refractivity contribution < 1.29 is 9.53 Å². The Hall–Kier alpha value is -1.37. The van der Waals surface area contributed by atoms with Crippen LogP contribution in [0.4, 0.5) is 0 Å². The standard InChI is InChI=1S/C12H11Cl2NO2/c1-3-7-15-12(16)8(2)17-10-6-4-5-9(13)11(10)14/h1,4-6,8H,7H2,2H3,(H,15,16)/t8-/m1/s1. The van der Waals surface area contributed by atoms with Crippen LogP contribution in [0.2, 0.25) is 10.0 Å². The average molecular weight is 272 g/mol. The summed E-state index contributed by atoms with van der Waals surface area (Å²) in [5.41, 5.74) is 0. The minimum Gasteiger partial charge on any atom is -0.479 e. The fourth-order valence-electron chi connectivity index (χ4n) is 1.10. The zero-order valence-corrected chi connectivity index (χ0v) is 10.7. The second kappa shape index (κ2) is 6.39. The lowest BCUT2D eigenvalue weighted by atomic mass is 10.3. The maximum atomic E-state index is 11.5. The lowest BCUT2D eigenvalue weighted by molar-refractivity contribution is -0.126. The van der Waals surface area contributed by atoms with Crippen LogP contribution in [0.25, 0.3) is 0 Å². The zero-order chi connectivity index (χ0) is 12.8. The highest BCUT2D eigenvalue weighted by atomic mass is 35.5. The third-order valence-electron chi connectivity index (χ3n) is 1.95. The van der Waals surface area contributed by atoms with E-state index in [4.69, 9.17) is 34.4 Å². The molecule has 1 atom stereocenters. The first-order valence-electron chi connectivity index (χ1n) is 4.88. The van der Waals surface area contributed by atoms with E-state index >= 15 is 0 Å². The van der Waals surface area contributed by atoms with Gasteiger partial charge in [-0.05, 0) is 19.1 Å². The number of amides is 1. The Bertz CT molecular complexity index is 454. The zero-order valence-electron chi connectivity index (χ0n) is 9.17. The highest BCUT2D eigenvalue weighted by Gasteiger charge is 2.16. The molecule has 3 nitrogen and oxygen atoms in total. The number of nitrogens with one attached hydrogen (secondary N) is 1. The fraction of sp³-hybridized carbons (Fsp3) is 0.250. The van der Waals surface area contributed by atoms with Crippen LogP contribution < -0.4 is 10.1 Å². The normalized spacial score (nSPS) is 11.4. The summed E-state index contributed by atoms with van der Waals surface area (Å²) < 4.78 is 5.39. The minimum atomic E-state index is -0.695. The van der Waals surface area contributed by atoms with Crippen LogP contribution in [0.3, 0.4) is 0 Å². The Balaban J connectivity index is 2.68. The number of benzene rings is 1. The molecular formula is C12H11Cl2NO2. The number of carbonyl (C=O) groups is 1. The summed E-state index contributed by atoms with van der Waals surface area (Å²) in [4.78, 5) is 11.5. The van der Waals surface area contributed by atoms with Crippen molar-refractivity contribution in [3.05, 3.63) is 28.2 Å². The molecule has 0 fully saturated rings. The molecule has 1 rings (SSSR count). The van der Waals surface area contributed by atoms with Gasteiger partial charge in [-0.1, -0.05) is 35.2 Å². The lowest BCUT2D eigenvalue weighted by Crippen LogP contribution is -2.36. The first-order valence-corrected chi connectivity index (χ1v) is 5.63. The number of hydrogen-bond donors (Lipinski definition) is 1. The molecule has 0 unspecified atom stereocenters. The van der Waals surface area contributed by atoms with Gasteiger partial charge in [0, 0.05) is 0 Å². The van der Waals surface area contributed by atoms with Gasteiger partial charge in [0.2, 0.25) is 0 Å². The summed E-state index contributed by atoms with van der Waals surface area (Å²) in [5.74, 6) is 2.36. The molecule has 0 spiro atoms. The number of halogens is 2. The van der Waals surface area contributed by atoms with Gasteiger partial charge in [-0.2, -0.15) is 0 Å². The van der Waals surface area contributed by atoms with Crippen molar-refractivity contribution in [3.63, 3.8) is 0 Å². The van der Waals surface area contributed by atoms with Crippen molar-refractivity contribution >= 4 is 29.1 Å². The van der Waals surface area contributed by atoms with Gasteiger partial charge in [-0.3, -0.25) is 4.79 Å². The van der Waals surface area contributed by atoms with Gasteiger partial charge < -0.3 is 10.1 Å². The number of ether oxygens (including phenoxy) is 1. The molecule has 0 saturated carbocycles. The van der Waals surface area contributed by atoms with Gasteiger partial charge in [0.15, 0.2) is 6.10 Å². The molecule has 0 aromatic heterocycles. The van der Waals surface area contributed by atoms with E-state index in [-0.39, 0.29) is 17.5 Å². The number of terminal acetylenes is 1. The summed E-state index contributed by atoms with van der Waals surface area (Å²) in [6.07, 6.45) is 4.33. The minimum absolute atomic E-state index is 0.163. The predicted octanol–water partition coefficient (Wildman–Crippen LogP) is 2.51. The molecular weight excluding hydrogens is 261 g/mol. The number of carbonyl (C=O) groups excluding carboxylic acids is 1. The molecule has 0 heterocycles. The Morgan fingerprint density at radius 3 is 2.94 bits per heavy atom. The average Bonchev–Trinajstić information content (AvgIpc) is 2.31. The first-order chi connectivity index (χ1) is 8.06. The van der Waals surface area contributed by atoms with Crippen molar-refractivity contribution in [1.29, 1.82) is 0 Å². The highest BCUT2D eigenvalue weighted by molar-refractivity contribution is 6.42. The summed E-state index contributed by atoms with van der Waals surface area (Å²) in [7, 11) is 0. The summed E-state index contributed by atoms with van der Waals surface area (Å²) in [5, 5.41) is 3.17. The van der Waals surface area contributed by atoms with Gasteiger partial charge in [-0.15, -0.1) is 6.42 Å². The second-order valence-corrected chi connectivity index (χ2v) is 4.02. The summed E-state index contributed by atoms with van der Waals surface area (Å²) in [6.45, 7) is 1.76. The fourth-order valence-corrected chi connectivity index (χ4v) is 1.44. The number of hydrogen-bond acceptors (Lipinski definition) is 2. The van der Waals surface area contributed by atoms with E-state index in [0.717, 1.165) is 0 Å². The Morgan fingerprint density at radius 2 is 2.29 bits per heavy atom. The molecule has 17 heavy (non-hydrogen) atoms. The third-order valence-corrected chi connectivity index (χ3v) is 2.76. The van der Waals surface area contributed by atoms with Crippen LogP contribution in [0, 0.1) is 12.3 Å². The smallest absolute Gasteiger partial charge is 0.261 e. The monoisotopic (exact) mass is 271 g/mol. The molecule has 1 aromatic rings. The van der Waals surface area contributed by atoms with Gasteiger partial charge in [-0.25, -0.2) is 0 Å². The molecule has 0 radical (unpaired) electrons. The van der Waals surface area contributed by atoms with E-state index in [2.05, 4.69) is 11.2 Å². The van der Waals surface area contributed by atoms with Crippen molar-refractivity contribution in [3.8, 4) is 18.1 Å². The third kappa shape index (κ3) is 3.85. The first kappa shape index (κ1) is 13.7. The quantitative estimate of drug-likeness (QED) is 0.855. The van der Waals surface area contributed by atoms with Crippen LogP contribution in [0.1, 0.15) is 6.92 Å². The van der Waals surface area contributed by atoms with E-state index in [1.165, 1.54) is 0 Å². The molecule has 0 aliphatic carbocycles. The van der Waals surface area contributed by atoms with Crippen molar-refractivity contribution in [1.82, 2.24) is 5.32 Å².